The van der Waals surface area contributed by atoms with Crippen LogP contribution >= 0.6 is 11.6 Å². The van der Waals surface area contributed by atoms with Gasteiger partial charge in [0.25, 0.3) is 0 Å². The lowest BCUT2D eigenvalue weighted by molar-refractivity contribution is 0.409. The Bertz CT molecular complexity index is 858. The van der Waals surface area contributed by atoms with Crippen molar-refractivity contribution >= 4 is 23.3 Å². The van der Waals surface area contributed by atoms with Gasteiger partial charge in [0.1, 0.15) is 5.75 Å². The molecule has 25 heavy (non-hydrogen) atoms. The van der Waals surface area contributed by atoms with E-state index in [1.54, 1.807) is 12.1 Å². The van der Waals surface area contributed by atoms with Crippen molar-refractivity contribution in [2.75, 3.05) is 36.0 Å². The second-order valence-corrected chi connectivity index (χ2v) is 6.34. The summed E-state index contributed by atoms with van der Waals surface area (Å²) in [5.74, 6) is 0.820. The molecule has 3 aromatic rings. The molecule has 1 fully saturated rings. The maximum absolute atomic E-state index is 9.40. The number of aromatic hydroxyl groups is 1. The van der Waals surface area contributed by atoms with Crippen molar-refractivity contribution in [1.29, 1.82) is 0 Å². The summed E-state index contributed by atoms with van der Waals surface area (Å²) in [4.78, 5) is 8.84. The molecular formula is C18H17ClN4O2. The molecule has 6 nitrogen and oxygen atoms in total. The molecule has 0 unspecified atom stereocenters. The van der Waals surface area contributed by atoms with Gasteiger partial charge in [0.05, 0.1) is 0 Å². The molecule has 0 amide bonds. The van der Waals surface area contributed by atoms with Crippen LogP contribution in [0.5, 0.6) is 5.75 Å². The van der Waals surface area contributed by atoms with E-state index < -0.39 is 0 Å². The first-order valence-corrected chi connectivity index (χ1v) is 8.45. The van der Waals surface area contributed by atoms with Crippen LogP contribution in [-0.4, -0.2) is 41.4 Å². The fourth-order valence-corrected chi connectivity index (χ4v) is 3.10. The fraction of sp³-hybridized carbons (Fsp3) is 0.222. The molecular weight excluding hydrogens is 340 g/mol. The average Bonchev–Trinajstić information content (AvgIpc) is 3.13. The molecule has 1 saturated heterocycles. The third kappa shape index (κ3) is 3.39. The highest BCUT2D eigenvalue weighted by atomic mass is 35.5. The first-order chi connectivity index (χ1) is 12.2. The summed E-state index contributed by atoms with van der Waals surface area (Å²) in [6.07, 6.45) is 0. The average molecular weight is 357 g/mol. The summed E-state index contributed by atoms with van der Waals surface area (Å²) < 4.78 is 5.43. The maximum Gasteiger partial charge on any atom is 0.324 e. The van der Waals surface area contributed by atoms with Crippen LogP contribution in [0, 0.1) is 0 Å². The molecule has 1 aliphatic heterocycles. The van der Waals surface area contributed by atoms with Crippen molar-refractivity contribution in [2.24, 2.45) is 0 Å². The molecule has 0 saturated carbocycles. The lowest BCUT2D eigenvalue weighted by atomic mass is 10.2. The Labute approximate surface area is 150 Å². The first kappa shape index (κ1) is 15.8. The first-order valence-electron chi connectivity index (χ1n) is 8.07. The van der Waals surface area contributed by atoms with E-state index in [9.17, 15) is 5.11 Å². The summed E-state index contributed by atoms with van der Waals surface area (Å²) >= 11 is 6.02. The molecule has 0 radical (unpaired) electrons. The van der Waals surface area contributed by atoms with Gasteiger partial charge in [-0.25, -0.2) is 0 Å². The van der Waals surface area contributed by atoms with Crippen molar-refractivity contribution in [1.82, 2.24) is 10.1 Å². The lowest BCUT2D eigenvalue weighted by Gasteiger charge is -2.35. The van der Waals surface area contributed by atoms with E-state index in [-0.39, 0.29) is 5.75 Å². The largest absolute Gasteiger partial charge is 0.508 e. The van der Waals surface area contributed by atoms with Crippen LogP contribution in [0.3, 0.4) is 0 Å². The number of aromatic nitrogens is 2. The third-order valence-electron chi connectivity index (χ3n) is 4.26. The number of phenolic OH excluding ortho intramolecular Hbond substituents is 1. The smallest absolute Gasteiger partial charge is 0.324 e. The molecule has 0 spiro atoms. The normalized spacial score (nSPS) is 14.8. The molecule has 1 N–H and O–H groups in total. The van der Waals surface area contributed by atoms with E-state index >= 15 is 0 Å². The zero-order chi connectivity index (χ0) is 17.2. The maximum atomic E-state index is 9.40. The number of phenols is 1. The van der Waals surface area contributed by atoms with Gasteiger partial charge in [-0.1, -0.05) is 28.9 Å². The van der Waals surface area contributed by atoms with Crippen LogP contribution in [0.1, 0.15) is 0 Å². The van der Waals surface area contributed by atoms with Gasteiger partial charge in [-0.3, -0.25) is 0 Å². The van der Waals surface area contributed by atoms with Gasteiger partial charge in [-0.15, -0.1) is 0 Å². The fourth-order valence-electron chi connectivity index (χ4n) is 2.91. The third-order valence-corrected chi connectivity index (χ3v) is 4.50. The Kier molecular flexibility index (Phi) is 4.19. The minimum absolute atomic E-state index is 0.279. The molecule has 2 aromatic carbocycles. The highest BCUT2D eigenvalue weighted by Gasteiger charge is 2.22. The summed E-state index contributed by atoms with van der Waals surface area (Å²) in [6, 6.07) is 15.2. The lowest BCUT2D eigenvalue weighted by Crippen LogP contribution is -2.46. The molecule has 0 atom stereocenters. The number of rotatable bonds is 3. The van der Waals surface area contributed by atoms with Crippen molar-refractivity contribution in [3.8, 4) is 17.1 Å². The van der Waals surface area contributed by atoms with Crippen LogP contribution in [0.2, 0.25) is 5.02 Å². The molecule has 0 aliphatic carbocycles. The quantitative estimate of drug-likeness (QED) is 0.775. The highest BCUT2D eigenvalue weighted by Crippen LogP contribution is 2.25. The second kappa shape index (κ2) is 6.64. The SMILES string of the molecule is Oc1ccc(N2CCN(c3nc(-c4cccc(Cl)c4)no3)CC2)cc1. The Hall–Kier alpha value is -2.73. The standard InChI is InChI=1S/C18H17ClN4O2/c19-14-3-1-2-13(12-14)17-20-18(25-21-17)23-10-8-22(9-11-23)15-4-6-16(24)7-5-15/h1-7,12,24H,8-11H2. The Morgan fingerprint density at radius 1 is 0.960 bits per heavy atom. The summed E-state index contributed by atoms with van der Waals surface area (Å²) in [5, 5.41) is 14.1. The Morgan fingerprint density at radius 2 is 1.68 bits per heavy atom. The second-order valence-electron chi connectivity index (χ2n) is 5.90. The van der Waals surface area contributed by atoms with E-state index in [1.165, 1.54) is 0 Å². The number of benzene rings is 2. The topological polar surface area (TPSA) is 65.6 Å². The summed E-state index contributed by atoms with van der Waals surface area (Å²) in [5.41, 5.74) is 1.94. The Morgan fingerprint density at radius 3 is 2.40 bits per heavy atom. The minimum atomic E-state index is 0.279. The van der Waals surface area contributed by atoms with Crippen LogP contribution in [0.4, 0.5) is 11.7 Å². The number of halogens is 1. The Balaban J connectivity index is 1.44. The van der Waals surface area contributed by atoms with Gasteiger partial charge in [0.2, 0.25) is 5.82 Å². The molecule has 0 bridgehead atoms. The van der Waals surface area contributed by atoms with Gasteiger partial charge in [-0.2, -0.15) is 4.98 Å². The monoisotopic (exact) mass is 356 g/mol. The van der Waals surface area contributed by atoms with Crippen LogP contribution in [-0.2, 0) is 0 Å². The number of piperazine rings is 1. The van der Waals surface area contributed by atoms with E-state index in [1.807, 2.05) is 36.4 Å². The van der Waals surface area contributed by atoms with Gasteiger partial charge < -0.3 is 19.4 Å². The number of anilines is 2. The zero-order valence-electron chi connectivity index (χ0n) is 13.5. The molecule has 1 aromatic heterocycles. The molecule has 1 aliphatic rings. The minimum Gasteiger partial charge on any atom is -0.508 e. The van der Waals surface area contributed by atoms with Crippen LogP contribution < -0.4 is 9.80 Å². The van der Waals surface area contributed by atoms with E-state index in [4.69, 9.17) is 16.1 Å². The number of hydrogen-bond acceptors (Lipinski definition) is 6. The predicted octanol–water partition coefficient (Wildman–Crippen LogP) is 3.42. The van der Waals surface area contributed by atoms with Crippen molar-refractivity contribution < 1.29 is 9.63 Å². The van der Waals surface area contributed by atoms with Gasteiger partial charge in [-0.05, 0) is 36.4 Å². The molecule has 7 heteroatoms. The summed E-state index contributed by atoms with van der Waals surface area (Å²) in [6.45, 7) is 3.27. The molecule has 128 valence electrons. The zero-order valence-corrected chi connectivity index (χ0v) is 14.2. The molecule has 4 rings (SSSR count). The van der Waals surface area contributed by atoms with Gasteiger partial charge in [0, 0.05) is 42.5 Å². The van der Waals surface area contributed by atoms with Crippen LogP contribution in [0.15, 0.2) is 53.1 Å². The van der Waals surface area contributed by atoms with E-state index in [0.717, 1.165) is 37.4 Å². The highest BCUT2D eigenvalue weighted by molar-refractivity contribution is 6.30. The number of nitrogens with zero attached hydrogens (tertiary/aromatic N) is 4. The van der Waals surface area contributed by atoms with Crippen molar-refractivity contribution in [2.45, 2.75) is 0 Å². The van der Waals surface area contributed by atoms with E-state index in [0.29, 0.717) is 16.9 Å². The van der Waals surface area contributed by atoms with Gasteiger partial charge >= 0.3 is 6.01 Å². The van der Waals surface area contributed by atoms with E-state index in [2.05, 4.69) is 19.9 Å². The predicted molar refractivity (Wildman–Crippen MR) is 97.3 cm³/mol. The summed E-state index contributed by atoms with van der Waals surface area (Å²) in [7, 11) is 0. The van der Waals surface area contributed by atoms with Crippen molar-refractivity contribution in [3.05, 3.63) is 53.6 Å². The van der Waals surface area contributed by atoms with Gasteiger partial charge in [0.15, 0.2) is 0 Å². The van der Waals surface area contributed by atoms with Crippen LogP contribution in [0.25, 0.3) is 11.4 Å². The molecule has 2 heterocycles. The number of hydrogen-bond donors (Lipinski definition) is 1. The van der Waals surface area contributed by atoms with Crippen molar-refractivity contribution in [3.63, 3.8) is 0 Å².